The smallest absolute Gasteiger partial charge is 0.255 e. The molecule has 0 saturated carbocycles. The standard InChI is InChI=1S/C15H22F2N4O.HI/c1-18-15(20-10-13(16)17)19-8-7-11-5-4-6-12(9-11)14(22)21(2)3;/h4-6,9,13H,7-8,10H2,1-3H3,(H2,18,19,20);1H. The van der Waals surface area contributed by atoms with Crippen molar-refractivity contribution in [3.8, 4) is 0 Å². The molecule has 0 aliphatic carbocycles. The number of aliphatic imine (C=N–C) groups is 1. The van der Waals surface area contributed by atoms with E-state index in [1.165, 1.54) is 11.9 Å². The van der Waals surface area contributed by atoms with Crippen LogP contribution in [0.5, 0.6) is 0 Å². The van der Waals surface area contributed by atoms with Crippen molar-refractivity contribution in [2.45, 2.75) is 12.8 Å². The first kappa shape index (κ1) is 21.6. The molecule has 2 N–H and O–H groups in total. The first-order valence-electron chi connectivity index (χ1n) is 6.97. The van der Waals surface area contributed by atoms with Crippen LogP contribution in [0.2, 0.25) is 0 Å². The van der Waals surface area contributed by atoms with Gasteiger partial charge in [0.05, 0.1) is 6.54 Å². The molecule has 0 heterocycles. The summed E-state index contributed by atoms with van der Waals surface area (Å²) in [6, 6.07) is 7.35. The number of hydrogen-bond donors (Lipinski definition) is 2. The molecular weight excluding hydrogens is 417 g/mol. The van der Waals surface area contributed by atoms with Gasteiger partial charge in [-0.05, 0) is 24.1 Å². The molecule has 0 unspecified atom stereocenters. The summed E-state index contributed by atoms with van der Waals surface area (Å²) in [7, 11) is 4.93. The summed E-state index contributed by atoms with van der Waals surface area (Å²) in [5.74, 6) is 0.282. The van der Waals surface area contributed by atoms with Gasteiger partial charge in [-0.25, -0.2) is 8.78 Å². The Morgan fingerprint density at radius 3 is 2.57 bits per heavy atom. The first-order valence-corrected chi connectivity index (χ1v) is 6.97. The zero-order valence-corrected chi connectivity index (χ0v) is 15.8. The normalized spacial score (nSPS) is 11.0. The Kier molecular flexibility index (Phi) is 10.4. The molecule has 0 saturated heterocycles. The monoisotopic (exact) mass is 440 g/mol. The van der Waals surface area contributed by atoms with E-state index in [1.807, 2.05) is 18.2 Å². The van der Waals surface area contributed by atoms with Gasteiger partial charge in [-0.15, -0.1) is 24.0 Å². The van der Waals surface area contributed by atoms with E-state index in [4.69, 9.17) is 0 Å². The fourth-order valence-corrected chi connectivity index (χ4v) is 1.84. The molecule has 1 amide bonds. The third-order valence-corrected chi connectivity index (χ3v) is 2.93. The molecule has 0 spiro atoms. The number of carbonyl (C=O) groups excluding carboxylic acids is 1. The number of nitrogens with zero attached hydrogens (tertiary/aromatic N) is 2. The number of halogens is 3. The number of benzene rings is 1. The number of amides is 1. The summed E-state index contributed by atoms with van der Waals surface area (Å²) in [5, 5.41) is 5.48. The molecule has 5 nitrogen and oxygen atoms in total. The average molecular weight is 440 g/mol. The van der Waals surface area contributed by atoms with Crippen LogP contribution < -0.4 is 10.6 Å². The van der Waals surface area contributed by atoms with Gasteiger partial charge in [-0.2, -0.15) is 0 Å². The Morgan fingerprint density at radius 2 is 2.00 bits per heavy atom. The Labute approximate surface area is 152 Å². The van der Waals surface area contributed by atoms with Crippen molar-refractivity contribution in [2.75, 3.05) is 34.2 Å². The van der Waals surface area contributed by atoms with Gasteiger partial charge in [0.1, 0.15) is 0 Å². The van der Waals surface area contributed by atoms with Crippen LogP contribution in [0.25, 0.3) is 0 Å². The Hall–Kier alpha value is -1.45. The Morgan fingerprint density at radius 1 is 1.30 bits per heavy atom. The van der Waals surface area contributed by atoms with Crippen LogP contribution in [0.1, 0.15) is 15.9 Å². The van der Waals surface area contributed by atoms with Crippen molar-refractivity contribution in [1.29, 1.82) is 0 Å². The lowest BCUT2D eigenvalue weighted by Gasteiger charge is -2.13. The molecule has 130 valence electrons. The van der Waals surface area contributed by atoms with Crippen molar-refractivity contribution in [3.63, 3.8) is 0 Å². The zero-order chi connectivity index (χ0) is 16.5. The summed E-state index contributed by atoms with van der Waals surface area (Å²) in [6.45, 7) is 0.0923. The molecule has 0 aliphatic heterocycles. The summed E-state index contributed by atoms with van der Waals surface area (Å²) in [6.07, 6.45) is -1.77. The van der Waals surface area contributed by atoms with Gasteiger partial charge in [0, 0.05) is 33.3 Å². The van der Waals surface area contributed by atoms with Gasteiger partial charge >= 0.3 is 0 Å². The minimum atomic E-state index is -2.42. The SMILES string of the molecule is CN=C(NCCc1cccc(C(=O)N(C)C)c1)NCC(F)F.I. The third-order valence-electron chi connectivity index (χ3n) is 2.93. The number of guanidine groups is 1. The molecule has 1 aromatic carbocycles. The quantitative estimate of drug-likeness (QED) is 0.404. The fourth-order valence-electron chi connectivity index (χ4n) is 1.84. The summed E-state index contributed by atoms with van der Waals surface area (Å²) in [5.41, 5.74) is 1.62. The van der Waals surface area contributed by atoms with Gasteiger partial charge in [0.15, 0.2) is 5.96 Å². The van der Waals surface area contributed by atoms with E-state index in [9.17, 15) is 13.6 Å². The second-order valence-corrected chi connectivity index (χ2v) is 4.92. The minimum absolute atomic E-state index is 0. The van der Waals surface area contributed by atoms with Gasteiger partial charge < -0.3 is 15.5 Å². The molecule has 1 rings (SSSR count). The number of alkyl halides is 2. The zero-order valence-electron chi connectivity index (χ0n) is 13.5. The molecule has 0 fully saturated rings. The molecule has 23 heavy (non-hydrogen) atoms. The van der Waals surface area contributed by atoms with Gasteiger partial charge in [0.25, 0.3) is 12.3 Å². The highest BCUT2D eigenvalue weighted by molar-refractivity contribution is 14.0. The van der Waals surface area contributed by atoms with Crippen LogP contribution in [0.3, 0.4) is 0 Å². The second-order valence-electron chi connectivity index (χ2n) is 4.92. The minimum Gasteiger partial charge on any atom is -0.356 e. The highest BCUT2D eigenvalue weighted by Crippen LogP contribution is 2.07. The molecule has 0 radical (unpaired) electrons. The number of rotatable bonds is 6. The highest BCUT2D eigenvalue weighted by atomic mass is 127. The highest BCUT2D eigenvalue weighted by Gasteiger charge is 2.08. The van der Waals surface area contributed by atoms with Gasteiger partial charge in [0.2, 0.25) is 0 Å². The Bertz CT molecular complexity index is 524. The molecule has 8 heteroatoms. The predicted molar refractivity (Wildman–Crippen MR) is 98.9 cm³/mol. The van der Waals surface area contributed by atoms with E-state index in [0.717, 1.165) is 5.56 Å². The van der Waals surface area contributed by atoms with E-state index in [2.05, 4.69) is 15.6 Å². The topological polar surface area (TPSA) is 56.7 Å². The van der Waals surface area contributed by atoms with Crippen LogP contribution in [0.4, 0.5) is 8.78 Å². The van der Waals surface area contributed by atoms with Gasteiger partial charge in [-0.3, -0.25) is 9.79 Å². The average Bonchev–Trinajstić information content (AvgIpc) is 2.49. The Balaban J connectivity index is 0.00000484. The molecule has 1 aromatic rings. The van der Waals surface area contributed by atoms with E-state index < -0.39 is 13.0 Å². The maximum Gasteiger partial charge on any atom is 0.255 e. The first-order chi connectivity index (χ1) is 10.4. The second kappa shape index (κ2) is 11.1. The summed E-state index contributed by atoms with van der Waals surface area (Å²) >= 11 is 0. The largest absolute Gasteiger partial charge is 0.356 e. The van der Waals surface area contributed by atoms with E-state index in [1.54, 1.807) is 20.2 Å². The fraction of sp³-hybridized carbons (Fsp3) is 0.467. The van der Waals surface area contributed by atoms with Crippen molar-refractivity contribution >= 4 is 35.8 Å². The van der Waals surface area contributed by atoms with Gasteiger partial charge in [-0.1, -0.05) is 12.1 Å². The van der Waals surface area contributed by atoms with Crippen molar-refractivity contribution in [2.24, 2.45) is 4.99 Å². The molecule has 0 bridgehead atoms. The van der Waals surface area contributed by atoms with Crippen LogP contribution in [-0.4, -0.2) is 57.4 Å². The molecule has 0 atom stereocenters. The molecule has 0 aliphatic rings. The van der Waals surface area contributed by atoms with Crippen molar-refractivity contribution in [1.82, 2.24) is 15.5 Å². The van der Waals surface area contributed by atoms with Crippen molar-refractivity contribution in [3.05, 3.63) is 35.4 Å². The van der Waals surface area contributed by atoms with Crippen LogP contribution in [-0.2, 0) is 6.42 Å². The third kappa shape index (κ3) is 8.10. The number of nitrogens with one attached hydrogen (secondary N) is 2. The number of carbonyl (C=O) groups is 1. The van der Waals surface area contributed by atoms with E-state index in [0.29, 0.717) is 24.5 Å². The van der Waals surface area contributed by atoms with E-state index in [-0.39, 0.29) is 29.9 Å². The number of hydrogen-bond acceptors (Lipinski definition) is 2. The van der Waals surface area contributed by atoms with Crippen LogP contribution in [0, 0.1) is 0 Å². The lowest BCUT2D eigenvalue weighted by molar-refractivity contribution is 0.0827. The van der Waals surface area contributed by atoms with Crippen LogP contribution >= 0.6 is 24.0 Å². The maximum absolute atomic E-state index is 12.1. The lowest BCUT2D eigenvalue weighted by Crippen LogP contribution is -2.40. The maximum atomic E-state index is 12.1. The molecule has 0 aromatic heterocycles. The van der Waals surface area contributed by atoms with E-state index >= 15 is 0 Å². The van der Waals surface area contributed by atoms with Crippen LogP contribution in [0.15, 0.2) is 29.3 Å². The summed E-state index contributed by atoms with van der Waals surface area (Å²) in [4.78, 5) is 17.3. The van der Waals surface area contributed by atoms with Crippen molar-refractivity contribution < 1.29 is 13.6 Å². The molecular formula is C15H23F2IN4O. The predicted octanol–water partition coefficient (Wildman–Crippen LogP) is 1.98. The summed E-state index contributed by atoms with van der Waals surface area (Å²) < 4.78 is 24.2. The lowest BCUT2D eigenvalue weighted by atomic mass is 10.1.